The Kier molecular flexibility index (Phi) is 4.60. The normalized spacial score (nSPS) is 15.1. The van der Waals surface area contributed by atoms with Crippen molar-refractivity contribution in [3.8, 4) is 17.0 Å². The summed E-state index contributed by atoms with van der Waals surface area (Å²) in [4.78, 5) is 28.7. The molecular weight excluding hydrogens is 364 g/mol. The maximum absolute atomic E-state index is 12.4. The third-order valence-corrected chi connectivity index (χ3v) is 5.04. The number of carbonyl (C=O) groups is 2. The van der Waals surface area contributed by atoms with Crippen LogP contribution in [0.2, 0.25) is 0 Å². The highest BCUT2D eigenvalue weighted by atomic mass is 32.1. The Morgan fingerprint density at radius 3 is 2.78 bits per heavy atom. The largest absolute Gasteiger partial charge is 0.497 e. The van der Waals surface area contributed by atoms with E-state index in [-0.39, 0.29) is 18.3 Å². The van der Waals surface area contributed by atoms with Crippen molar-refractivity contribution >= 4 is 28.3 Å². The first kappa shape index (κ1) is 17.2. The number of benzene rings is 2. The molecule has 0 saturated carbocycles. The molecule has 1 aliphatic heterocycles. The molecule has 3 aromatic rings. The summed E-state index contributed by atoms with van der Waals surface area (Å²) in [5.74, 6) is 0.133. The Bertz CT molecular complexity index is 997. The monoisotopic (exact) mass is 380 g/mol. The number of anilines is 1. The van der Waals surface area contributed by atoms with Gasteiger partial charge in [0.1, 0.15) is 11.9 Å². The number of aromatic nitrogens is 1. The number of esters is 1. The van der Waals surface area contributed by atoms with Gasteiger partial charge in [0.15, 0.2) is 5.13 Å². The van der Waals surface area contributed by atoms with Gasteiger partial charge in [0.05, 0.1) is 24.8 Å². The summed E-state index contributed by atoms with van der Waals surface area (Å²) < 4.78 is 10.5. The first-order valence-electron chi connectivity index (χ1n) is 8.34. The van der Waals surface area contributed by atoms with Crippen molar-refractivity contribution < 1.29 is 19.1 Å². The van der Waals surface area contributed by atoms with Gasteiger partial charge in [-0.3, -0.25) is 4.79 Å². The van der Waals surface area contributed by atoms with Crippen molar-refractivity contribution in [2.24, 2.45) is 0 Å². The SMILES string of the molecule is COc1ccc(-c2csc(NC(=O)C[C@@H]3OC(=O)c4ccccc43)n2)cc1. The van der Waals surface area contributed by atoms with E-state index >= 15 is 0 Å². The maximum atomic E-state index is 12.4. The second kappa shape index (κ2) is 7.20. The van der Waals surface area contributed by atoms with Crippen molar-refractivity contribution in [1.29, 1.82) is 0 Å². The fourth-order valence-electron chi connectivity index (χ4n) is 2.94. The molecule has 6 nitrogen and oxygen atoms in total. The third-order valence-electron chi connectivity index (χ3n) is 4.28. The summed E-state index contributed by atoms with van der Waals surface area (Å²) in [6.07, 6.45) is -0.505. The van der Waals surface area contributed by atoms with Crippen LogP contribution in [0.3, 0.4) is 0 Å². The van der Waals surface area contributed by atoms with Gasteiger partial charge in [-0.15, -0.1) is 11.3 Å². The minimum Gasteiger partial charge on any atom is -0.497 e. The Morgan fingerprint density at radius 2 is 2.00 bits per heavy atom. The average molecular weight is 380 g/mol. The van der Waals surface area contributed by atoms with Crippen molar-refractivity contribution in [1.82, 2.24) is 4.98 Å². The Hall–Kier alpha value is -3.19. The highest BCUT2D eigenvalue weighted by Gasteiger charge is 2.32. The van der Waals surface area contributed by atoms with Gasteiger partial charge in [-0.05, 0) is 30.3 Å². The quantitative estimate of drug-likeness (QED) is 0.676. The highest BCUT2D eigenvalue weighted by molar-refractivity contribution is 7.14. The van der Waals surface area contributed by atoms with Crippen LogP contribution in [0.1, 0.15) is 28.4 Å². The number of fused-ring (bicyclic) bond motifs is 1. The molecule has 27 heavy (non-hydrogen) atoms. The van der Waals surface area contributed by atoms with Crippen LogP contribution < -0.4 is 10.1 Å². The molecule has 0 aliphatic carbocycles. The number of methoxy groups -OCH3 is 1. The standard InChI is InChI=1S/C20H16N2O4S/c1-25-13-8-6-12(7-9-13)16-11-27-20(21-16)22-18(23)10-17-14-4-2-3-5-15(14)19(24)26-17/h2-9,11,17H,10H2,1H3,(H,21,22,23)/t17-/m0/s1. The zero-order valence-electron chi connectivity index (χ0n) is 14.5. The second-order valence-electron chi connectivity index (χ2n) is 6.00. The van der Waals surface area contributed by atoms with Gasteiger partial charge in [-0.2, -0.15) is 0 Å². The van der Waals surface area contributed by atoms with Crippen LogP contribution in [0.25, 0.3) is 11.3 Å². The van der Waals surface area contributed by atoms with Crippen LogP contribution in [-0.4, -0.2) is 24.0 Å². The molecule has 0 spiro atoms. The Balaban J connectivity index is 1.42. The first-order valence-corrected chi connectivity index (χ1v) is 9.22. The van der Waals surface area contributed by atoms with Crippen LogP contribution in [0.15, 0.2) is 53.9 Å². The molecule has 1 aliphatic rings. The molecule has 4 rings (SSSR count). The van der Waals surface area contributed by atoms with E-state index in [0.29, 0.717) is 10.7 Å². The molecule has 0 radical (unpaired) electrons. The Morgan fingerprint density at radius 1 is 1.22 bits per heavy atom. The van der Waals surface area contributed by atoms with E-state index in [1.54, 1.807) is 19.2 Å². The average Bonchev–Trinajstić information content (AvgIpc) is 3.27. The van der Waals surface area contributed by atoms with Crippen molar-refractivity contribution in [2.45, 2.75) is 12.5 Å². The lowest BCUT2D eigenvalue weighted by Crippen LogP contribution is -2.15. The summed E-state index contributed by atoms with van der Waals surface area (Å²) in [6.45, 7) is 0. The predicted octanol–water partition coefficient (Wildman–Crippen LogP) is 4.06. The lowest BCUT2D eigenvalue weighted by Gasteiger charge is -2.09. The zero-order valence-corrected chi connectivity index (χ0v) is 15.3. The summed E-state index contributed by atoms with van der Waals surface area (Å²) in [5, 5.41) is 5.16. The number of thiazole rings is 1. The number of amides is 1. The number of carbonyl (C=O) groups excluding carboxylic acids is 2. The van der Waals surface area contributed by atoms with Gasteiger partial charge >= 0.3 is 5.97 Å². The fourth-order valence-corrected chi connectivity index (χ4v) is 3.67. The van der Waals surface area contributed by atoms with Crippen molar-refractivity contribution in [3.63, 3.8) is 0 Å². The van der Waals surface area contributed by atoms with Crippen LogP contribution in [0.5, 0.6) is 5.75 Å². The summed E-state index contributed by atoms with van der Waals surface area (Å²) in [6, 6.07) is 14.7. The summed E-state index contributed by atoms with van der Waals surface area (Å²) in [7, 11) is 1.62. The molecule has 1 atom stereocenters. The molecule has 1 N–H and O–H groups in total. The first-order chi connectivity index (χ1) is 13.1. The zero-order chi connectivity index (χ0) is 18.8. The molecule has 0 unspecified atom stereocenters. The van der Waals surface area contributed by atoms with Crippen LogP contribution in [0, 0.1) is 0 Å². The van der Waals surface area contributed by atoms with Gasteiger partial charge in [-0.1, -0.05) is 18.2 Å². The minimum absolute atomic E-state index is 0.0558. The van der Waals surface area contributed by atoms with E-state index in [1.165, 1.54) is 11.3 Å². The third kappa shape index (κ3) is 3.54. The molecular formula is C20H16N2O4S. The van der Waals surface area contributed by atoms with Gasteiger partial charge in [0.25, 0.3) is 0 Å². The molecule has 1 amide bonds. The van der Waals surface area contributed by atoms with E-state index in [4.69, 9.17) is 9.47 Å². The summed E-state index contributed by atoms with van der Waals surface area (Å²) in [5.41, 5.74) is 2.98. The lowest BCUT2D eigenvalue weighted by molar-refractivity contribution is -0.118. The topological polar surface area (TPSA) is 77.5 Å². The molecule has 2 aromatic carbocycles. The lowest BCUT2D eigenvalue weighted by atomic mass is 10.0. The van der Waals surface area contributed by atoms with Crippen LogP contribution in [0.4, 0.5) is 5.13 Å². The molecule has 1 aromatic heterocycles. The van der Waals surface area contributed by atoms with Crippen molar-refractivity contribution in [3.05, 3.63) is 65.0 Å². The minimum atomic E-state index is -0.560. The number of ether oxygens (including phenoxy) is 2. The van der Waals surface area contributed by atoms with Gasteiger partial charge < -0.3 is 14.8 Å². The van der Waals surface area contributed by atoms with Gasteiger partial charge in [-0.25, -0.2) is 9.78 Å². The van der Waals surface area contributed by atoms with E-state index in [0.717, 1.165) is 22.6 Å². The highest BCUT2D eigenvalue weighted by Crippen LogP contribution is 2.33. The fraction of sp³-hybridized carbons (Fsp3) is 0.150. The molecule has 2 heterocycles. The van der Waals surface area contributed by atoms with Crippen LogP contribution in [-0.2, 0) is 9.53 Å². The number of hydrogen-bond donors (Lipinski definition) is 1. The number of cyclic esters (lactones) is 1. The predicted molar refractivity (Wildman–Crippen MR) is 102 cm³/mol. The van der Waals surface area contributed by atoms with E-state index < -0.39 is 6.10 Å². The molecule has 0 fully saturated rings. The molecule has 136 valence electrons. The van der Waals surface area contributed by atoms with Crippen LogP contribution >= 0.6 is 11.3 Å². The van der Waals surface area contributed by atoms with E-state index in [1.807, 2.05) is 41.8 Å². The Labute approximate surface area is 159 Å². The van der Waals surface area contributed by atoms with Gasteiger partial charge in [0.2, 0.25) is 5.91 Å². The number of rotatable bonds is 5. The maximum Gasteiger partial charge on any atom is 0.339 e. The molecule has 0 saturated heterocycles. The second-order valence-corrected chi connectivity index (χ2v) is 6.86. The van der Waals surface area contributed by atoms with Gasteiger partial charge in [0, 0.05) is 16.5 Å². The van der Waals surface area contributed by atoms with Crippen molar-refractivity contribution in [2.75, 3.05) is 12.4 Å². The summed E-state index contributed by atoms with van der Waals surface area (Å²) >= 11 is 1.34. The molecule has 0 bridgehead atoms. The van der Waals surface area contributed by atoms with E-state index in [9.17, 15) is 9.59 Å². The molecule has 7 heteroatoms. The smallest absolute Gasteiger partial charge is 0.339 e. The number of nitrogens with zero attached hydrogens (tertiary/aromatic N) is 1. The number of hydrogen-bond acceptors (Lipinski definition) is 6. The van der Waals surface area contributed by atoms with E-state index in [2.05, 4.69) is 10.3 Å². The number of nitrogens with one attached hydrogen (secondary N) is 1.